The lowest BCUT2D eigenvalue weighted by atomic mass is 9.86. The van der Waals surface area contributed by atoms with Gasteiger partial charge in [-0.05, 0) is 24.7 Å². The zero-order valence-corrected chi connectivity index (χ0v) is 9.04. The molecule has 0 spiro atoms. The Labute approximate surface area is 89.9 Å². The summed E-state index contributed by atoms with van der Waals surface area (Å²) in [5.41, 5.74) is 0. The third-order valence-electron chi connectivity index (χ3n) is 3.28. The van der Waals surface area contributed by atoms with Crippen LogP contribution in [0.3, 0.4) is 0 Å². The first-order chi connectivity index (χ1) is 6.81. The molecular weight excluding hydrogens is 198 g/mol. The molecule has 1 saturated heterocycles. The molecule has 1 aliphatic carbocycles. The molecule has 78 valence electrons. The fourth-order valence-corrected chi connectivity index (χ4v) is 2.62. The fraction of sp³-hybridized carbons (Fsp3) is 0.727. The molecule has 2 rings (SSSR count). The standard InChI is InChI=1S/C11H16ClNO/c12-6-5-11(14)13-7-9-3-1-2-4-10(9)8-13/h1-2,9-10H,3-8H2. The van der Waals surface area contributed by atoms with E-state index >= 15 is 0 Å². The van der Waals surface area contributed by atoms with Crippen LogP contribution < -0.4 is 0 Å². The molecule has 0 bridgehead atoms. The Morgan fingerprint density at radius 3 is 2.36 bits per heavy atom. The molecule has 2 unspecified atom stereocenters. The minimum Gasteiger partial charge on any atom is -0.342 e. The zero-order valence-electron chi connectivity index (χ0n) is 8.29. The van der Waals surface area contributed by atoms with Crippen LogP contribution >= 0.6 is 11.6 Å². The predicted octanol–water partition coefficient (Wildman–Crippen LogP) is 2.04. The van der Waals surface area contributed by atoms with Gasteiger partial charge in [0.15, 0.2) is 0 Å². The molecule has 0 radical (unpaired) electrons. The van der Waals surface area contributed by atoms with Crippen LogP contribution in [0.1, 0.15) is 19.3 Å². The number of rotatable bonds is 2. The SMILES string of the molecule is O=C(CCCl)N1CC2CC=CCC2C1. The summed E-state index contributed by atoms with van der Waals surface area (Å²) in [5.74, 6) is 2.09. The molecule has 0 aromatic carbocycles. The lowest BCUT2D eigenvalue weighted by Crippen LogP contribution is -2.29. The number of hydrogen-bond donors (Lipinski definition) is 0. The van der Waals surface area contributed by atoms with Gasteiger partial charge in [-0.1, -0.05) is 12.2 Å². The maximum Gasteiger partial charge on any atom is 0.223 e. The number of carbonyl (C=O) groups is 1. The molecule has 1 amide bonds. The lowest BCUT2D eigenvalue weighted by molar-refractivity contribution is -0.129. The van der Waals surface area contributed by atoms with Gasteiger partial charge < -0.3 is 4.90 Å². The number of amides is 1. The second kappa shape index (κ2) is 4.35. The summed E-state index contributed by atoms with van der Waals surface area (Å²) in [6, 6.07) is 0. The molecule has 0 aromatic rings. The van der Waals surface area contributed by atoms with E-state index in [0.29, 0.717) is 24.1 Å². The first kappa shape index (κ1) is 10.0. The van der Waals surface area contributed by atoms with E-state index in [9.17, 15) is 4.79 Å². The van der Waals surface area contributed by atoms with Crippen molar-refractivity contribution >= 4 is 17.5 Å². The van der Waals surface area contributed by atoms with E-state index in [1.807, 2.05) is 4.90 Å². The lowest BCUT2D eigenvalue weighted by Gasteiger charge is -2.17. The second-order valence-electron chi connectivity index (χ2n) is 4.20. The first-order valence-electron chi connectivity index (χ1n) is 5.30. The van der Waals surface area contributed by atoms with E-state index in [1.54, 1.807) is 0 Å². The van der Waals surface area contributed by atoms with Gasteiger partial charge in [0.25, 0.3) is 0 Å². The number of fused-ring (bicyclic) bond motifs is 1. The number of carbonyl (C=O) groups excluding carboxylic acids is 1. The first-order valence-corrected chi connectivity index (χ1v) is 5.83. The average molecular weight is 214 g/mol. The maximum atomic E-state index is 11.6. The Balaban J connectivity index is 1.91. The van der Waals surface area contributed by atoms with Crippen molar-refractivity contribution in [1.82, 2.24) is 4.90 Å². The van der Waals surface area contributed by atoms with Crippen LogP contribution in [0.25, 0.3) is 0 Å². The third kappa shape index (κ3) is 1.95. The van der Waals surface area contributed by atoms with Gasteiger partial charge in [0, 0.05) is 25.4 Å². The number of nitrogens with zero attached hydrogens (tertiary/aromatic N) is 1. The van der Waals surface area contributed by atoms with Gasteiger partial charge in [-0.2, -0.15) is 0 Å². The highest BCUT2D eigenvalue weighted by Crippen LogP contribution is 2.32. The smallest absolute Gasteiger partial charge is 0.223 e. The molecule has 14 heavy (non-hydrogen) atoms. The van der Waals surface area contributed by atoms with Gasteiger partial charge >= 0.3 is 0 Å². The number of halogens is 1. The topological polar surface area (TPSA) is 20.3 Å². The molecule has 2 atom stereocenters. The number of likely N-dealkylation sites (tertiary alicyclic amines) is 1. The summed E-state index contributed by atoms with van der Waals surface area (Å²) in [5, 5.41) is 0. The Morgan fingerprint density at radius 2 is 1.86 bits per heavy atom. The largest absolute Gasteiger partial charge is 0.342 e. The highest BCUT2D eigenvalue weighted by Gasteiger charge is 2.34. The highest BCUT2D eigenvalue weighted by atomic mass is 35.5. The quantitative estimate of drug-likeness (QED) is 0.508. The molecule has 2 aliphatic rings. The molecule has 0 N–H and O–H groups in total. The maximum absolute atomic E-state index is 11.6. The minimum absolute atomic E-state index is 0.231. The van der Waals surface area contributed by atoms with Crippen LogP contribution in [0.2, 0.25) is 0 Å². The van der Waals surface area contributed by atoms with Crippen molar-refractivity contribution < 1.29 is 4.79 Å². The van der Waals surface area contributed by atoms with E-state index in [4.69, 9.17) is 11.6 Å². The summed E-state index contributed by atoms with van der Waals surface area (Å²) < 4.78 is 0. The van der Waals surface area contributed by atoms with Crippen molar-refractivity contribution in [3.05, 3.63) is 12.2 Å². The summed E-state index contributed by atoms with van der Waals surface area (Å²) in [6.45, 7) is 1.90. The summed E-state index contributed by atoms with van der Waals surface area (Å²) in [6.07, 6.45) is 7.28. The Kier molecular flexibility index (Phi) is 3.12. The van der Waals surface area contributed by atoms with Gasteiger partial charge in [0.2, 0.25) is 5.91 Å². The molecule has 3 heteroatoms. The molecule has 0 aromatic heterocycles. The van der Waals surface area contributed by atoms with Gasteiger partial charge in [0.1, 0.15) is 0 Å². The summed E-state index contributed by atoms with van der Waals surface area (Å²) in [7, 11) is 0. The van der Waals surface area contributed by atoms with Crippen molar-refractivity contribution in [3.8, 4) is 0 Å². The monoisotopic (exact) mass is 213 g/mol. The normalized spacial score (nSPS) is 30.5. The van der Waals surface area contributed by atoms with Crippen LogP contribution in [0.4, 0.5) is 0 Å². The fourth-order valence-electron chi connectivity index (χ4n) is 2.46. The Hall–Kier alpha value is -0.500. The molecule has 2 nitrogen and oxygen atoms in total. The van der Waals surface area contributed by atoms with Crippen molar-refractivity contribution in [2.24, 2.45) is 11.8 Å². The van der Waals surface area contributed by atoms with Crippen LogP contribution in [0, 0.1) is 11.8 Å². The zero-order chi connectivity index (χ0) is 9.97. The van der Waals surface area contributed by atoms with E-state index in [1.165, 1.54) is 0 Å². The number of allylic oxidation sites excluding steroid dienone is 2. The van der Waals surface area contributed by atoms with Crippen molar-refractivity contribution in [2.45, 2.75) is 19.3 Å². The predicted molar refractivity (Wildman–Crippen MR) is 57.3 cm³/mol. The highest BCUT2D eigenvalue weighted by molar-refractivity contribution is 6.18. The van der Waals surface area contributed by atoms with E-state index < -0.39 is 0 Å². The van der Waals surface area contributed by atoms with Crippen LogP contribution in [-0.4, -0.2) is 29.8 Å². The third-order valence-corrected chi connectivity index (χ3v) is 3.47. The average Bonchev–Trinajstić information content (AvgIpc) is 2.61. The summed E-state index contributed by atoms with van der Waals surface area (Å²) >= 11 is 5.57. The van der Waals surface area contributed by atoms with Crippen molar-refractivity contribution in [3.63, 3.8) is 0 Å². The minimum atomic E-state index is 0.231. The van der Waals surface area contributed by atoms with Crippen LogP contribution in [0.15, 0.2) is 12.2 Å². The molecule has 1 fully saturated rings. The Morgan fingerprint density at radius 1 is 1.29 bits per heavy atom. The molecule has 1 heterocycles. The van der Waals surface area contributed by atoms with Crippen molar-refractivity contribution in [1.29, 1.82) is 0 Å². The Bertz CT molecular complexity index is 236. The van der Waals surface area contributed by atoms with Gasteiger partial charge in [-0.25, -0.2) is 0 Å². The molecule has 1 aliphatic heterocycles. The van der Waals surface area contributed by atoms with Crippen LogP contribution in [0.5, 0.6) is 0 Å². The summed E-state index contributed by atoms with van der Waals surface area (Å²) in [4.78, 5) is 13.6. The van der Waals surface area contributed by atoms with E-state index in [0.717, 1.165) is 25.9 Å². The van der Waals surface area contributed by atoms with Gasteiger partial charge in [-0.3, -0.25) is 4.79 Å². The number of hydrogen-bond acceptors (Lipinski definition) is 1. The molecular formula is C11H16ClNO. The van der Waals surface area contributed by atoms with Gasteiger partial charge in [0.05, 0.1) is 0 Å². The van der Waals surface area contributed by atoms with E-state index in [2.05, 4.69) is 12.2 Å². The molecule has 0 saturated carbocycles. The van der Waals surface area contributed by atoms with Crippen LogP contribution in [-0.2, 0) is 4.79 Å². The van der Waals surface area contributed by atoms with Crippen molar-refractivity contribution in [2.75, 3.05) is 19.0 Å². The van der Waals surface area contributed by atoms with E-state index in [-0.39, 0.29) is 5.91 Å². The second-order valence-corrected chi connectivity index (χ2v) is 4.58. The number of alkyl halides is 1. The van der Waals surface area contributed by atoms with Gasteiger partial charge in [-0.15, -0.1) is 11.6 Å².